The van der Waals surface area contributed by atoms with Gasteiger partial charge in [0.15, 0.2) is 0 Å². The van der Waals surface area contributed by atoms with Crippen LogP contribution in [-0.4, -0.2) is 67.5 Å². The Bertz CT molecular complexity index is 1200. The molecule has 3 atom stereocenters. The molecule has 220 valence electrons. The highest BCUT2D eigenvalue weighted by atomic mass is 32.2. The Morgan fingerprint density at radius 3 is 2.30 bits per heavy atom. The molecule has 3 N–H and O–H groups in total. The lowest BCUT2D eigenvalue weighted by Crippen LogP contribution is -2.56. The fourth-order valence-corrected chi connectivity index (χ4v) is 6.02. The van der Waals surface area contributed by atoms with Crippen LogP contribution in [0.1, 0.15) is 52.5 Å². The molecule has 0 aromatic heterocycles. The fraction of sp³-hybridized carbons (Fsp3) is 0.533. The zero-order valence-electron chi connectivity index (χ0n) is 23.9. The number of rotatable bonds is 9. The van der Waals surface area contributed by atoms with E-state index in [0.717, 1.165) is 5.56 Å². The molecule has 40 heavy (non-hydrogen) atoms. The van der Waals surface area contributed by atoms with Crippen LogP contribution in [0.15, 0.2) is 59.5 Å². The molecule has 0 fully saturated rings. The largest absolute Gasteiger partial charge is 0.494 e. The Kier molecular flexibility index (Phi) is 11.5. The third kappa shape index (κ3) is 9.04. The van der Waals surface area contributed by atoms with Crippen molar-refractivity contribution in [3.8, 4) is 5.75 Å². The lowest BCUT2D eigenvalue weighted by Gasteiger charge is -2.32. The third-order valence-corrected chi connectivity index (χ3v) is 8.86. The molecule has 2 amide bonds. The molecule has 0 saturated heterocycles. The summed E-state index contributed by atoms with van der Waals surface area (Å²) in [6.07, 6.45) is 0.366. The molecule has 2 aliphatic heterocycles. The van der Waals surface area contributed by atoms with E-state index in [1.807, 2.05) is 52.0 Å². The van der Waals surface area contributed by atoms with Crippen LogP contribution in [0.25, 0.3) is 0 Å². The molecule has 2 heterocycles. The predicted octanol–water partition coefficient (Wildman–Crippen LogP) is 3.13. The minimum absolute atomic E-state index is 0.148. The van der Waals surface area contributed by atoms with E-state index < -0.39 is 34.1 Å². The number of ether oxygens (including phenoxy) is 1. The zero-order chi connectivity index (χ0) is 29.3. The maximum atomic E-state index is 13.6. The van der Waals surface area contributed by atoms with E-state index in [9.17, 15) is 23.1 Å². The number of carbonyl (C=O) groups excluding carboxylic acids is 2. The molecule has 0 aliphatic carbocycles. The van der Waals surface area contributed by atoms with Gasteiger partial charge in [-0.25, -0.2) is 8.42 Å². The minimum atomic E-state index is -3.89. The average molecular weight is 574 g/mol. The van der Waals surface area contributed by atoms with Gasteiger partial charge in [0.1, 0.15) is 11.8 Å². The second-order valence-corrected chi connectivity index (χ2v) is 13.1. The van der Waals surface area contributed by atoms with Crippen molar-refractivity contribution in [1.29, 1.82) is 0 Å². The number of benzene rings is 2. The van der Waals surface area contributed by atoms with Crippen molar-refractivity contribution in [1.82, 2.24) is 14.9 Å². The van der Waals surface area contributed by atoms with Crippen molar-refractivity contribution in [2.45, 2.75) is 76.5 Å². The number of fused-ring (bicyclic) bond motifs is 12. The first-order valence-electron chi connectivity index (χ1n) is 14.0. The number of aliphatic hydroxyl groups is 1. The quantitative estimate of drug-likeness (QED) is 0.423. The van der Waals surface area contributed by atoms with Crippen molar-refractivity contribution in [3.63, 3.8) is 0 Å². The summed E-state index contributed by atoms with van der Waals surface area (Å²) in [5, 5.41) is 17.2. The summed E-state index contributed by atoms with van der Waals surface area (Å²) in [6.45, 7) is 8.10. The van der Waals surface area contributed by atoms with Gasteiger partial charge in [0.05, 0.1) is 23.6 Å². The average Bonchev–Trinajstić information content (AvgIpc) is 2.92. The maximum Gasteiger partial charge on any atom is 0.243 e. The molecule has 0 saturated carbocycles. The lowest BCUT2D eigenvalue weighted by atomic mass is 9.98. The lowest BCUT2D eigenvalue weighted by molar-refractivity contribution is -0.131. The monoisotopic (exact) mass is 573 g/mol. The van der Waals surface area contributed by atoms with Crippen LogP contribution in [0.3, 0.4) is 0 Å². The summed E-state index contributed by atoms with van der Waals surface area (Å²) in [5.74, 6) is 0.0326. The Morgan fingerprint density at radius 2 is 1.68 bits per heavy atom. The summed E-state index contributed by atoms with van der Waals surface area (Å²) >= 11 is 0. The highest BCUT2D eigenvalue weighted by Crippen LogP contribution is 2.20. The van der Waals surface area contributed by atoms with E-state index in [1.54, 1.807) is 18.2 Å². The summed E-state index contributed by atoms with van der Waals surface area (Å²) in [6, 6.07) is 13.9. The molecular formula is C30H43N3O6S. The Hall–Kier alpha value is -2.95. The molecule has 0 unspecified atom stereocenters. The topological polar surface area (TPSA) is 125 Å². The van der Waals surface area contributed by atoms with Crippen molar-refractivity contribution in [2.24, 2.45) is 11.8 Å². The van der Waals surface area contributed by atoms with Crippen molar-refractivity contribution < 1.29 is 27.9 Å². The highest BCUT2D eigenvalue weighted by Gasteiger charge is 2.33. The number of nitrogens with one attached hydrogen (secondary N) is 2. The van der Waals surface area contributed by atoms with Gasteiger partial charge in [0, 0.05) is 19.5 Å². The second kappa shape index (κ2) is 14.6. The van der Waals surface area contributed by atoms with Crippen molar-refractivity contribution in [2.75, 3.05) is 19.7 Å². The van der Waals surface area contributed by atoms with Crippen LogP contribution in [0.5, 0.6) is 5.75 Å². The summed E-state index contributed by atoms with van der Waals surface area (Å²) < 4.78 is 34.2. The van der Waals surface area contributed by atoms with E-state index in [2.05, 4.69) is 10.6 Å². The van der Waals surface area contributed by atoms with Gasteiger partial charge in [0.2, 0.25) is 21.8 Å². The number of amides is 2. The van der Waals surface area contributed by atoms with Gasteiger partial charge in [-0.05, 0) is 60.9 Å². The Morgan fingerprint density at radius 1 is 1.00 bits per heavy atom. The zero-order valence-corrected chi connectivity index (χ0v) is 24.7. The van der Waals surface area contributed by atoms with Crippen LogP contribution in [0.4, 0.5) is 0 Å². The first-order valence-corrected chi connectivity index (χ1v) is 15.5. The Labute approximate surface area is 238 Å². The van der Waals surface area contributed by atoms with E-state index >= 15 is 0 Å². The van der Waals surface area contributed by atoms with E-state index in [1.165, 1.54) is 16.4 Å². The number of hydrogen-bond acceptors (Lipinski definition) is 6. The van der Waals surface area contributed by atoms with Crippen LogP contribution in [0.2, 0.25) is 0 Å². The third-order valence-electron chi connectivity index (χ3n) is 6.98. The summed E-state index contributed by atoms with van der Waals surface area (Å²) in [5.41, 5.74) is 0.844. The van der Waals surface area contributed by atoms with Gasteiger partial charge in [-0.1, -0.05) is 58.0 Å². The molecule has 10 heteroatoms. The standard InChI is InChI=1S/C30H43N3O6S/c1-21(2)16-17-33(40(37,38)25-9-6-5-7-10-25)20-27(34)26-19-23-12-14-24(15-13-23)39-18-8-11-28(35)32-29(22(3)4)30(36)31-26/h5-7,9-10,12-15,21-22,26-27,29,34H,8,11,16-20H2,1-4H3,(H,31,36)(H,32,35)/t26-,27+,29-/m0/s1. The smallest absolute Gasteiger partial charge is 0.243 e. The number of aliphatic hydroxyl groups excluding tert-OH is 1. The van der Waals surface area contributed by atoms with E-state index in [4.69, 9.17) is 4.74 Å². The minimum Gasteiger partial charge on any atom is -0.494 e. The van der Waals surface area contributed by atoms with Crippen LogP contribution >= 0.6 is 0 Å². The Balaban J connectivity index is 1.92. The van der Waals surface area contributed by atoms with Gasteiger partial charge in [-0.3, -0.25) is 9.59 Å². The maximum absolute atomic E-state index is 13.6. The second-order valence-electron chi connectivity index (χ2n) is 11.1. The molecule has 2 aromatic rings. The molecule has 2 aliphatic rings. The highest BCUT2D eigenvalue weighted by molar-refractivity contribution is 7.89. The SMILES string of the molecule is CC(C)CCN(C[C@@H](O)[C@@H]1Cc2ccc(cc2)OCCCC(=O)N[C@@H](C(C)C)C(=O)N1)S(=O)(=O)c1ccccc1. The summed E-state index contributed by atoms with van der Waals surface area (Å²) in [7, 11) is -3.89. The molecule has 0 spiro atoms. The first kappa shape index (κ1) is 31.6. The normalized spacial score (nSPS) is 20.0. The predicted molar refractivity (Wildman–Crippen MR) is 154 cm³/mol. The number of sulfonamides is 1. The number of carbonyl (C=O) groups is 2. The summed E-state index contributed by atoms with van der Waals surface area (Å²) in [4.78, 5) is 26.1. The molecule has 9 nitrogen and oxygen atoms in total. The van der Waals surface area contributed by atoms with Gasteiger partial charge in [-0.15, -0.1) is 0 Å². The van der Waals surface area contributed by atoms with Crippen LogP contribution < -0.4 is 15.4 Å². The van der Waals surface area contributed by atoms with E-state index in [-0.39, 0.29) is 48.6 Å². The van der Waals surface area contributed by atoms with Crippen LogP contribution in [-0.2, 0) is 26.0 Å². The van der Waals surface area contributed by atoms with Gasteiger partial charge < -0.3 is 20.5 Å². The fourth-order valence-electron chi connectivity index (χ4n) is 4.52. The molecule has 2 aromatic carbocycles. The number of nitrogens with zero attached hydrogens (tertiary/aromatic N) is 1. The molecule has 4 rings (SSSR count). The van der Waals surface area contributed by atoms with Crippen molar-refractivity contribution >= 4 is 21.8 Å². The molecule has 0 radical (unpaired) electrons. The number of hydrogen-bond donors (Lipinski definition) is 3. The van der Waals surface area contributed by atoms with Gasteiger partial charge >= 0.3 is 0 Å². The van der Waals surface area contributed by atoms with Gasteiger partial charge in [0.25, 0.3) is 0 Å². The molecular weight excluding hydrogens is 530 g/mol. The first-order chi connectivity index (χ1) is 19.0. The molecule has 2 bridgehead atoms. The van der Waals surface area contributed by atoms with Gasteiger partial charge in [-0.2, -0.15) is 4.31 Å². The van der Waals surface area contributed by atoms with Crippen molar-refractivity contribution in [3.05, 3.63) is 60.2 Å². The van der Waals surface area contributed by atoms with E-state index in [0.29, 0.717) is 25.2 Å². The van der Waals surface area contributed by atoms with Crippen LogP contribution in [0, 0.1) is 11.8 Å².